The van der Waals surface area contributed by atoms with Gasteiger partial charge in [-0.3, -0.25) is 0 Å². The van der Waals surface area contributed by atoms with E-state index in [1.807, 2.05) is 40.6 Å². The van der Waals surface area contributed by atoms with Gasteiger partial charge in [0, 0.05) is 0 Å². The van der Waals surface area contributed by atoms with Gasteiger partial charge in [0.1, 0.15) is 29.9 Å². The van der Waals surface area contributed by atoms with Crippen LogP contribution in [0.2, 0.25) is 0 Å². The Hall–Kier alpha value is -2.51. The first-order chi connectivity index (χ1) is 15.0. The maximum atomic E-state index is 11.4. The molecule has 0 bridgehead atoms. The van der Waals surface area contributed by atoms with Crippen molar-refractivity contribution in [2.24, 2.45) is 0 Å². The number of imidazole rings is 1. The Kier molecular flexibility index (Phi) is 7.20. The van der Waals surface area contributed by atoms with E-state index in [4.69, 9.17) is 4.74 Å². The molecule has 0 saturated carbocycles. The maximum Gasteiger partial charge on any atom is 0.298 e. The van der Waals surface area contributed by atoms with E-state index >= 15 is 0 Å². The number of aliphatic hydroxyl groups excluding tert-OH is 3. The van der Waals surface area contributed by atoms with Gasteiger partial charge in [-0.25, -0.2) is 0 Å². The molecule has 0 radical (unpaired) electrons. The predicted molar refractivity (Wildman–Crippen MR) is 124 cm³/mol. The molecule has 0 aliphatic rings. The molecular weight excluding hydrogens is 404 g/mol. The molecule has 0 fully saturated rings. The molecule has 172 valence electrons. The third kappa shape index (κ3) is 4.79. The highest BCUT2D eigenvalue weighted by Gasteiger charge is 2.35. The number of benzene rings is 2. The summed E-state index contributed by atoms with van der Waals surface area (Å²) in [6, 6.07) is 10.4. The number of aryl methyl sites for hydroxylation is 5. The third-order valence-electron chi connectivity index (χ3n) is 5.82. The number of ether oxygens (including phenoxy) is 1. The van der Waals surface area contributed by atoms with Gasteiger partial charge in [-0.2, -0.15) is 9.13 Å². The molecule has 0 saturated heterocycles. The van der Waals surface area contributed by atoms with E-state index in [0.717, 1.165) is 33.6 Å². The van der Waals surface area contributed by atoms with E-state index in [1.54, 1.807) is 6.92 Å². The Balaban J connectivity index is 2.20. The van der Waals surface area contributed by atoms with Gasteiger partial charge in [-0.15, -0.1) is 0 Å². The minimum absolute atomic E-state index is 0.609. The van der Waals surface area contributed by atoms with Crippen molar-refractivity contribution < 1.29 is 24.6 Å². The van der Waals surface area contributed by atoms with Gasteiger partial charge in [0.15, 0.2) is 12.4 Å². The lowest BCUT2D eigenvalue weighted by Gasteiger charge is -2.23. The summed E-state index contributed by atoms with van der Waals surface area (Å²) in [6.45, 7) is 13.4. The smallest absolute Gasteiger partial charge is 0.298 e. The van der Waals surface area contributed by atoms with E-state index in [0.29, 0.717) is 5.82 Å². The number of rotatable bonds is 7. The summed E-state index contributed by atoms with van der Waals surface area (Å²) in [4.78, 5) is 0. The molecular formula is C26H35N2O4+. The van der Waals surface area contributed by atoms with Crippen molar-refractivity contribution in [2.45, 2.75) is 73.1 Å². The van der Waals surface area contributed by atoms with Crippen LogP contribution in [0.1, 0.15) is 53.6 Å². The van der Waals surface area contributed by atoms with Crippen LogP contribution in [0, 0.1) is 34.6 Å². The van der Waals surface area contributed by atoms with Crippen molar-refractivity contribution in [2.75, 3.05) is 0 Å². The van der Waals surface area contributed by atoms with Gasteiger partial charge in [0.2, 0.25) is 0 Å². The molecule has 0 amide bonds. The van der Waals surface area contributed by atoms with Gasteiger partial charge in [0.25, 0.3) is 5.82 Å². The Labute approximate surface area is 190 Å². The van der Waals surface area contributed by atoms with Crippen molar-refractivity contribution in [3.05, 3.63) is 76.4 Å². The molecule has 6 heteroatoms. The molecule has 3 N–H and O–H groups in total. The number of hydrogen-bond donors (Lipinski definition) is 3. The molecule has 0 aliphatic carbocycles. The first-order valence-electron chi connectivity index (χ1n) is 11.0. The second kappa shape index (κ2) is 9.55. The normalized spacial score (nSPS) is 15.4. The fraction of sp³-hybridized carbons (Fsp3) is 0.423. The molecule has 0 aliphatic heterocycles. The fourth-order valence-corrected chi connectivity index (χ4v) is 4.33. The summed E-state index contributed by atoms with van der Waals surface area (Å²) in [5, 5.41) is 31.1. The van der Waals surface area contributed by atoms with Crippen LogP contribution in [0.4, 0.5) is 0 Å². The second-order valence-electron chi connectivity index (χ2n) is 8.85. The summed E-state index contributed by atoms with van der Waals surface area (Å²) in [5.74, 6) is 0.609. The summed E-state index contributed by atoms with van der Waals surface area (Å²) in [6.07, 6.45) is -0.409. The molecule has 2 aromatic carbocycles. The monoisotopic (exact) mass is 439 g/mol. The Morgan fingerprint density at radius 3 is 2.00 bits per heavy atom. The highest BCUT2D eigenvalue weighted by molar-refractivity contribution is 5.45. The fourth-order valence-electron chi connectivity index (χ4n) is 4.33. The summed E-state index contributed by atoms with van der Waals surface area (Å²) >= 11 is 0. The zero-order valence-electron chi connectivity index (χ0n) is 20.0. The molecule has 3 rings (SSSR count). The van der Waals surface area contributed by atoms with Gasteiger partial charge in [0.05, 0.1) is 6.10 Å². The van der Waals surface area contributed by atoms with Gasteiger partial charge < -0.3 is 20.1 Å². The molecule has 3 aromatic rings. The number of nitrogens with zero attached hydrogens (tertiary/aromatic N) is 2. The molecule has 4 unspecified atom stereocenters. The number of hydrogen-bond acceptors (Lipinski definition) is 4. The van der Waals surface area contributed by atoms with E-state index in [2.05, 4.69) is 45.9 Å². The number of aliphatic hydroxyl groups is 3. The lowest BCUT2D eigenvalue weighted by atomic mass is 10.0. The van der Waals surface area contributed by atoms with Crippen molar-refractivity contribution >= 4 is 0 Å². The van der Waals surface area contributed by atoms with Crippen LogP contribution in [0.5, 0.6) is 0 Å². The van der Waals surface area contributed by atoms with Crippen molar-refractivity contribution in [3.8, 4) is 11.4 Å². The third-order valence-corrected chi connectivity index (χ3v) is 5.82. The predicted octanol–water partition coefficient (Wildman–Crippen LogP) is 3.43. The van der Waals surface area contributed by atoms with E-state index in [1.165, 1.54) is 12.5 Å². The van der Waals surface area contributed by atoms with Crippen molar-refractivity contribution in [1.29, 1.82) is 0 Å². The van der Waals surface area contributed by atoms with Crippen LogP contribution in [0.3, 0.4) is 0 Å². The lowest BCUT2D eigenvalue weighted by Crippen LogP contribution is -2.42. The summed E-state index contributed by atoms with van der Waals surface area (Å²) in [5.41, 5.74) is 7.56. The topological polar surface area (TPSA) is 78.7 Å². The van der Waals surface area contributed by atoms with Crippen LogP contribution >= 0.6 is 0 Å². The zero-order valence-corrected chi connectivity index (χ0v) is 20.0. The van der Waals surface area contributed by atoms with Crippen LogP contribution in [-0.2, 0) is 4.74 Å². The SMILES string of the molecule is Cc1ccc(-n2cc[n+](-c3c(C)cc(C)cc3C)c2C(O)C(C)OC(O)C(C)O)c(C)c1. The first-order valence-corrected chi connectivity index (χ1v) is 11.0. The van der Waals surface area contributed by atoms with Crippen LogP contribution in [0.15, 0.2) is 42.7 Å². The van der Waals surface area contributed by atoms with Crippen molar-refractivity contribution in [1.82, 2.24) is 4.57 Å². The largest absolute Gasteiger partial charge is 0.388 e. The molecule has 0 spiro atoms. The zero-order chi connectivity index (χ0) is 23.7. The average molecular weight is 440 g/mol. The second-order valence-corrected chi connectivity index (χ2v) is 8.85. The van der Waals surface area contributed by atoms with Gasteiger partial charge in [-0.05, 0) is 71.2 Å². The van der Waals surface area contributed by atoms with Gasteiger partial charge >= 0.3 is 0 Å². The standard InChI is InChI=1S/C26H35N2O4/c1-15-8-9-22(17(3)12-15)27-10-11-28(23-18(4)13-16(2)14-19(23)5)25(27)24(30)21(7)32-26(31)20(6)29/h8-14,20-21,24,26,29-31H,1-7H3/q+1. The van der Waals surface area contributed by atoms with Gasteiger partial charge in [-0.1, -0.05) is 35.4 Å². The lowest BCUT2D eigenvalue weighted by molar-refractivity contribution is -0.610. The Morgan fingerprint density at radius 1 is 0.844 bits per heavy atom. The Bertz CT molecular complexity index is 1080. The quantitative estimate of drug-likeness (QED) is 0.389. The minimum Gasteiger partial charge on any atom is -0.388 e. The molecule has 6 nitrogen and oxygen atoms in total. The molecule has 4 atom stereocenters. The van der Waals surface area contributed by atoms with Crippen LogP contribution in [-0.4, -0.2) is 38.4 Å². The first kappa shape index (κ1) is 24.1. The van der Waals surface area contributed by atoms with Crippen LogP contribution < -0.4 is 4.57 Å². The maximum absolute atomic E-state index is 11.4. The number of aromatic nitrogens is 2. The van der Waals surface area contributed by atoms with E-state index in [9.17, 15) is 15.3 Å². The highest BCUT2D eigenvalue weighted by Crippen LogP contribution is 2.26. The van der Waals surface area contributed by atoms with Crippen LogP contribution in [0.25, 0.3) is 11.4 Å². The van der Waals surface area contributed by atoms with E-state index < -0.39 is 24.6 Å². The molecule has 32 heavy (non-hydrogen) atoms. The average Bonchev–Trinajstić information content (AvgIpc) is 3.10. The summed E-state index contributed by atoms with van der Waals surface area (Å²) in [7, 11) is 0. The molecule has 1 heterocycles. The molecule has 1 aromatic heterocycles. The Morgan fingerprint density at radius 2 is 1.44 bits per heavy atom. The summed E-state index contributed by atoms with van der Waals surface area (Å²) < 4.78 is 9.49. The van der Waals surface area contributed by atoms with E-state index in [-0.39, 0.29) is 0 Å². The minimum atomic E-state index is -1.39. The highest BCUT2D eigenvalue weighted by atomic mass is 16.6. The van der Waals surface area contributed by atoms with Crippen molar-refractivity contribution in [3.63, 3.8) is 0 Å².